The molecule has 0 atom stereocenters. The maximum atomic E-state index is 4.31. The first kappa shape index (κ1) is 24.6. The van der Waals surface area contributed by atoms with Crippen molar-refractivity contribution in [2.75, 3.05) is 46.3 Å². The summed E-state index contributed by atoms with van der Waals surface area (Å²) in [5.41, 5.74) is 2.66. The number of benzene rings is 1. The minimum Gasteiger partial charge on any atom is -0.356 e. The molecule has 0 amide bonds. The summed E-state index contributed by atoms with van der Waals surface area (Å²) in [6, 6.07) is 10.9. The summed E-state index contributed by atoms with van der Waals surface area (Å²) in [5, 5.41) is 11.0. The van der Waals surface area contributed by atoms with Crippen molar-refractivity contribution >= 4 is 29.9 Å². The monoisotopic (exact) mass is 525 g/mol. The van der Waals surface area contributed by atoms with Gasteiger partial charge in [-0.25, -0.2) is 0 Å². The Balaban J connectivity index is 0.00000320. The predicted octanol–water partition coefficient (Wildman–Crippen LogP) is 2.39. The predicted molar refractivity (Wildman–Crippen MR) is 134 cm³/mol. The molecule has 0 bridgehead atoms. The van der Waals surface area contributed by atoms with E-state index >= 15 is 0 Å². The standard InChI is InChI=1S/C22H35N7.HI/c1-3-27-14-16-28(17-15-27)19-21-8-6-20(7-9-21)18-25-22(23-2)24-10-4-12-29-13-5-11-26-29;/h5-9,11,13H,3-4,10,12,14-19H2,1-2H3,(H2,23,24,25);1H. The lowest BCUT2D eigenvalue weighted by molar-refractivity contribution is 0.132. The van der Waals surface area contributed by atoms with Gasteiger partial charge in [0.1, 0.15) is 0 Å². The number of hydrogen-bond donors (Lipinski definition) is 2. The van der Waals surface area contributed by atoms with E-state index in [1.165, 1.54) is 37.3 Å². The molecule has 30 heavy (non-hydrogen) atoms. The van der Waals surface area contributed by atoms with E-state index in [0.717, 1.165) is 45.1 Å². The van der Waals surface area contributed by atoms with Crippen LogP contribution in [0, 0.1) is 0 Å². The van der Waals surface area contributed by atoms with E-state index in [4.69, 9.17) is 0 Å². The van der Waals surface area contributed by atoms with Gasteiger partial charge in [-0.1, -0.05) is 31.2 Å². The largest absolute Gasteiger partial charge is 0.356 e. The Morgan fingerprint density at radius 3 is 2.37 bits per heavy atom. The Labute approximate surface area is 197 Å². The Morgan fingerprint density at radius 1 is 1.03 bits per heavy atom. The lowest BCUT2D eigenvalue weighted by Gasteiger charge is -2.34. The number of aliphatic imine (C=N–C) groups is 1. The molecule has 0 spiro atoms. The number of nitrogens with zero attached hydrogens (tertiary/aromatic N) is 5. The first-order valence-corrected chi connectivity index (χ1v) is 10.7. The van der Waals surface area contributed by atoms with E-state index in [1.807, 2.05) is 30.2 Å². The van der Waals surface area contributed by atoms with Gasteiger partial charge in [0, 0.05) is 71.8 Å². The number of aryl methyl sites for hydroxylation is 1. The quantitative estimate of drug-likeness (QED) is 0.228. The van der Waals surface area contributed by atoms with Crippen molar-refractivity contribution in [2.24, 2.45) is 4.99 Å². The molecule has 1 aliphatic heterocycles. The van der Waals surface area contributed by atoms with Crippen LogP contribution >= 0.6 is 24.0 Å². The second-order valence-corrected chi connectivity index (χ2v) is 7.50. The molecule has 1 fully saturated rings. The van der Waals surface area contributed by atoms with Crippen molar-refractivity contribution in [3.05, 3.63) is 53.9 Å². The van der Waals surface area contributed by atoms with E-state index in [-0.39, 0.29) is 24.0 Å². The molecule has 3 rings (SSSR count). The van der Waals surface area contributed by atoms with Gasteiger partial charge in [0.25, 0.3) is 0 Å². The fourth-order valence-electron chi connectivity index (χ4n) is 3.57. The van der Waals surface area contributed by atoms with Crippen LogP contribution in [0.1, 0.15) is 24.5 Å². The molecule has 0 aliphatic carbocycles. The number of halogens is 1. The van der Waals surface area contributed by atoms with Crippen LogP contribution in [0.25, 0.3) is 0 Å². The summed E-state index contributed by atoms with van der Waals surface area (Å²) in [7, 11) is 1.81. The Hall–Kier alpha value is -1.65. The fraction of sp³-hybridized carbons (Fsp3) is 0.545. The number of rotatable bonds is 9. The second kappa shape index (κ2) is 13.6. The molecule has 8 heteroatoms. The van der Waals surface area contributed by atoms with Gasteiger partial charge >= 0.3 is 0 Å². The van der Waals surface area contributed by atoms with E-state index in [0.29, 0.717) is 0 Å². The zero-order valence-corrected chi connectivity index (χ0v) is 20.6. The molecule has 1 aromatic carbocycles. The Morgan fingerprint density at radius 2 is 1.73 bits per heavy atom. The van der Waals surface area contributed by atoms with Gasteiger partial charge in [-0.2, -0.15) is 5.10 Å². The summed E-state index contributed by atoms with van der Waals surface area (Å²) in [6.45, 7) is 11.7. The van der Waals surface area contributed by atoms with E-state index in [1.54, 1.807) is 0 Å². The summed E-state index contributed by atoms with van der Waals surface area (Å²) < 4.78 is 1.95. The Bertz CT molecular complexity index is 722. The number of nitrogens with one attached hydrogen (secondary N) is 2. The smallest absolute Gasteiger partial charge is 0.191 e. The molecule has 2 heterocycles. The van der Waals surface area contributed by atoms with Gasteiger partial charge in [-0.15, -0.1) is 24.0 Å². The SMILES string of the molecule is CCN1CCN(Cc2ccc(CNC(=NC)NCCCn3cccn3)cc2)CC1.I. The minimum atomic E-state index is 0. The van der Waals surface area contributed by atoms with Gasteiger partial charge in [0.15, 0.2) is 5.96 Å². The zero-order valence-electron chi connectivity index (χ0n) is 18.3. The zero-order chi connectivity index (χ0) is 20.3. The van der Waals surface area contributed by atoms with Crippen LogP contribution in [-0.2, 0) is 19.6 Å². The number of aromatic nitrogens is 2. The average molecular weight is 525 g/mol. The fourth-order valence-corrected chi connectivity index (χ4v) is 3.57. The van der Waals surface area contributed by atoms with Crippen LogP contribution in [0.4, 0.5) is 0 Å². The number of likely N-dealkylation sites (N-methyl/N-ethyl adjacent to an activating group) is 1. The van der Waals surface area contributed by atoms with Crippen LogP contribution < -0.4 is 10.6 Å². The molecule has 166 valence electrons. The average Bonchev–Trinajstić information content (AvgIpc) is 3.28. The normalized spacial score (nSPS) is 15.6. The first-order valence-electron chi connectivity index (χ1n) is 10.7. The van der Waals surface area contributed by atoms with Gasteiger partial charge in [-0.05, 0) is 30.2 Å². The lowest BCUT2D eigenvalue weighted by Crippen LogP contribution is -2.45. The van der Waals surface area contributed by atoms with Gasteiger partial charge in [0.2, 0.25) is 0 Å². The van der Waals surface area contributed by atoms with E-state index < -0.39 is 0 Å². The third kappa shape index (κ3) is 8.23. The summed E-state index contributed by atoms with van der Waals surface area (Å²) in [5.74, 6) is 0.836. The van der Waals surface area contributed by atoms with Crippen molar-refractivity contribution in [3.63, 3.8) is 0 Å². The van der Waals surface area contributed by atoms with Crippen LogP contribution in [0.5, 0.6) is 0 Å². The van der Waals surface area contributed by atoms with Crippen molar-refractivity contribution in [2.45, 2.75) is 33.0 Å². The van der Waals surface area contributed by atoms with Gasteiger partial charge in [0.05, 0.1) is 0 Å². The Kier molecular flexibility index (Phi) is 11.2. The van der Waals surface area contributed by atoms with Crippen LogP contribution in [-0.4, -0.2) is 71.9 Å². The summed E-state index contributed by atoms with van der Waals surface area (Å²) >= 11 is 0. The van der Waals surface area contributed by atoms with Gasteiger partial charge < -0.3 is 15.5 Å². The minimum absolute atomic E-state index is 0. The van der Waals surface area contributed by atoms with E-state index in [9.17, 15) is 0 Å². The molecular formula is C22H36IN7. The topological polar surface area (TPSA) is 60.7 Å². The molecule has 1 aromatic heterocycles. The van der Waals surface area contributed by atoms with Gasteiger partial charge in [-0.3, -0.25) is 14.6 Å². The number of piperazine rings is 1. The molecular weight excluding hydrogens is 489 g/mol. The highest BCUT2D eigenvalue weighted by Crippen LogP contribution is 2.10. The molecule has 0 radical (unpaired) electrons. The summed E-state index contributed by atoms with van der Waals surface area (Å²) in [6.07, 6.45) is 4.80. The third-order valence-corrected chi connectivity index (χ3v) is 5.44. The van der Waals surface area contributed by atoms with Crippen LogP contribution in [0.15, 0.2) is 47.7 Å². The van der Waals surface area contributed by atoms with Crippen molar-refractivity contribution in [3.8, 4) is 0 Å². The molecule has 1 saturated heterocycles. The highest BCUT2D eigenvalue weighted by atomic mass is 127. The summed E-state index contributed by atoms with van der Waals surface area (Å²) in [4.78, 5) is 9.37. The van der Waals surface area contributed by atoms with Crippen LogP contribution in [0.2, 0.25) is 0 Å². The van der Waals surface area contributed by atoms with Crippen LogP contribution in [0.3, 0.4) is 0 Å². The molecule has 7 nitrogen and oxygen atoms in total. The molecule has 0 unspecified atom stereocenters. The molecule has 2 N–H and O–H groups in total. The molecule has 2 aromatic rings. The molecule has 0 saturated carbocycles. The lowest BCUT2D eigenvalue weighted by atomic mass is 10.1. The second-order valence-electron chi connectivity index (χ2n) is 7.50. The maximum absolute atomic E-state index is 4.31. The highest BCUT2D eigenvalue weighted by Gasteiger charge is 2.15. The third-order valence-electron chi connectivity index (χ3n) is 5.44. The van der Waals surface area contributed by atoms with Crippen molar-refractivity contribution in [1.29, 1.82) is 0 Å². The van der Waals surface area contributed by atoms with Crippen molar-refractivity contribution < 1.29 is 0 Å². The first-order chi connectivity index (χ1) is 14.3. The number of hydrogen-bond acceptors (Lipinski definition) is 4. The number of guanidine groups is 1. The maximum Gasteiger partial charge on any atom is 0.191 e. The van der Waals surface area contributed by atoms with Crippen molar-refractivity contribution in [1.82, 2.24) is 30.2 Å². The highest BCUT2D eigenvalue weighted by molar-refractivity contribution is 14.0. The van der Waals surface area contributed by atoms with E-state index in [2.05, 4.69) is 61.7 Å². The molecule has 1 aliphatic rings.